The van der Waals surface area contributed by atoms with Crippen LogP contribution in [-0.4, -0.2) is 13.0 Å². The molecule has 1 aliphatic rings. The Hall–Kier alpha value is -1.77. The second kappa shape index (κ2) is 3.37. The highest BCUT2D eigenvalue weighted by Crippen LogP contribution is 2.46. The molecule has 0 aromatic heterocycles. The standard InChI is InChI=1S/C13H16N2O/c1-13(2)9-6-4-5-7-10(9)15(3)11(13)8-12(14)16/h4-8H,1-3H3,(H2,14,16). The minimum atomic E-state index is -0.400. The zero-order chi connectivity index (χ0) is 11.9. The number of benzene rings is 1. The number of likely N-dealkylation sites (N-methyl/N-ethyl adjacent to an activating group) is 1. The number of carbonyl (C=O) groups excluding carboxylic acids is 1. The third kappa shape index (κ3) is 1.40. The lowest BCUT2D eigenvalue weighted by atomic mass is 9.84. The van der Waals surface area contributed by atoms with Gasteiger partial charge in [-0.15, -0.1) is 0 Å². The average molecular weight is 216 g/mol. The summed E-state index contributed by atoms with van der Waals surface area (Å²) in [5.41, 5.74) is 8.39. The number of nitrogens with two attached hydrogens (primary N) is 1. The molecule has 1 aromatic rings. The van der Waals surface area contributed by atoms with Crippen molar-refractivity contribution in [2.45, 2.75) is 19.3 Å². The van der Waals surface area contributed by atoms with E-state index in [9.17, 15) is 4.79 Å². The van der Waals surface area contributed by atoms with Crippen LogP contribution < -0.4 is 10.6 Å². The Morgan fingerprint density at radius 3 is 2.56 bits per heavy atom. The van der Waals surface area contributed by atoms with Crippen LogP contribution in [-0.2, 0) is 10.2 Å². The molecule has 1 aliphatic heterocycles. The number of allylic oxidation sites excluding steroid dienone is 1. The van der Waals surface area contributed by atoms with Crippen molar-refractivity contribution in [3.63, 3.8) is 0 Å². The molecule has 0 radical (unpaired) electrons. The summed E-state index contributed by atoms with van der Waals surface area (Å²) in [5, 5.41) is 0. The van der Waals surface area contributed by atoms with Crippen molar-refractivity contribution in [3.8, 4) is 0 Å². The normalized spacial score (nSPS) is 19.9. The molecule has 0 saturated heterocycles. The number of carbonyl (C=O) groups is 1. The Morgan fingerprint density at radius 1 is 1.38 bits per heavy atom. The van der Waals surface area contributed by atoms with Gasteiger partial charge < -0.3 is 10.6 Å². The van der Waals surface area contributed by atoms with Gasteiger partial charge in [0.25, 0.3) is 0 Å². The zero-order valence-electron chi connectivity index (χ0n) is 9.82. The van der Waals surface area contributed by atoms with Gasteiger partial charge in [0.2, 0.25) is 5.91 Å². The number of anilines is 1. The molecule has 3 heteroatoms. The van der Waals surface area contributed by atoms with Crippen LogP contribution in [0.2, 0.25) is 0 Å². The number of rotatable bonds is 1. The fourth-order valence-electron chi connectivity index (χ4n) is 2.39. The molecule has 1 heterocycles. The molecule has 2 N–H and O–H groups in total. The maximum absolute atomic E-state index is 11.1. The van der Waals surface area contributed by atoms with E-state index >= 15 is 0 Å². The SMILES string of the molecule is CN1C(=CC(N)=O)C(C)(C)c2ccccc21. The second-order valence-corrected chi connectivity index (χ2v) is 4.63. The maximum atomic E-state index is 11.1. The molecule has 0 aliphatic carbocycles. The van der Waals surface area contributed by atoms with Crippen molar-refractivity contribution in [1.29, 1.82) is 0 Å². The number of fused-ring (bicyclic) bond motifs is 1. The monoisotopic (exact) mass is 216 g/mol. The quantitative estimate of drug-likeness (QED) is 0.727. The van der Waals surface area contributed by atoms with Gasteiger partial charge in [0.15, 0.2) is 0 Å². The van der Waals surface area contributed by atoms with Gasteiger partial charge in [0.05, 0.1) is 0 Å². The molecule has 1 aromatic carbocycles. The molecule has 0 bridgehead atoms. The molecule has 0 atom stereocenters. The van der Waals surface area contributed by atoms with Gasteiger partial charge in [-0.25, -0.2) is 0 Å². The van der Waals surface area contributed by atoms with Crippen LogP contribution in [0.1, 0.15) is 19.4 Å². The van der Waals surface area contributed by atoms with Crippen LogP contribution in [0.15, 0.2) is 36.0 Å². The Kier molecular flexibility index (Phi) is 2.26. The molecular formula is C13H16N2O. The lowest BCUT2D eigenvalue weighted by Crippen LogP contribution is -2.25. The maximum Gasteiger partial charge on any atom is 0.243 e. The lowest BCUT2D eigenvalue weighted by Gasteiger charge is -2.23. The lowest BCUT2D eigenvalue weighted by molar-refractivity contribution is -0.113. The molecule has 0 saturated carbocycles. The van der Waals surface area contributed by atoms with Crippen LogP contribution in [0.3, 0.4) is 0 Å². The van der Waals surface area contributed by atoms with E-state index in [2.05, 4.69) is 26.0 Å². The van der Waals surface area contributed by atoms with E-state index in [1.165, 1.54) is 11.6 Å². The Labute approximate surface area is 95.6 Å². The van der Waals surface area contributed by atoms with Crippen LogP contribution >= 0.6 is 0 Å². The van der Waals surface area contributed by atoms with E-state index in [0.717, 1.165) is 11.4 Å². The van der Waals surface area contributed by atoms with E-state index in [1.807, 2.05) is 24.1 Å². The summed E-state index contributed by atoms with van der Waals surface area (Å²) in [6, 6.07) is 8.16. The first-order valence-electron chi connectivity index (χ1n) is 5.29. The minimum Gasteiger partial charge on any atom is -0.366 e. The van der Waals surface area contributed by atoms with Crippen molar-refractivity contribution in [2.75, 3.05) is 11.9 Å². The van der Waals surface area contributed by atoms with Gasteiger partial charge in [-0.2, -0.15) is 0 Å². The first-order valence-corrected chi connectivity index (χ1v) is 5.29. The number of nitrogens with zero attached hydrogens (tertiary/aromatic N) is 1. The second-order valence-electron chi connectivity index (χ2n) is 4.63. The summed E-state index contributed by atoms with van der Waals surface area (Å²) in [4.78, 5) is 13.1. The number of hydrogen-bond acceptors (Lipinski definition) is 2. The van der Waals surface area contributed by atoms with Gasteiger partial charge in [-0.1, -0.05) is 32.0 Å². The molecular weight excluding hydrogens is 200 g/mol. The zero-order valence-corrected chi connectivity index (χ0v) is 9.82. The predicted molar refractivity (Wildman–Crippen MR) is 65.1 cm³/mol. The molecule has 2 rings (SSSR count). The van der Waals surface area contributed by atoms with E-state index in [4.69, 9.17) is 5.73 Å². The van der Waals surface area contributed by atoms with Gasteiger partial charge >= 0.3 is 0 Å². The van der Waals surface area contributed by atoms with Crippen LogP contribution in [0.5, 0.6) is 0 Å². The highest BCUT2D eigenvalue weighted by Gasteiger charge is 2.38. The van der Waals surface area contributed by atoms with Crippen molar-refractivity contribution < 1.29 is 4.79 Å². The third-order valence-electron chi connectivity index (χ3n) is 3.22. The number of primary amides is 1. The van der Waals surface area contributed by atoms with E-state index < -0.39 is 5.91 Å². The van der Waals surface area contributed by atoms with Gasteiger partial charge in [0.1, 0.15) is 0 Å². The van der Waals surface area contributed by atoms with Gasteiger partial charge in [-0.05, 0) is 11.6 Å². The highest BCUT2D eigenvalue weighted by molar-refractivity contribution is 5.89. The van der Waals surface area contributed by atoms with Crippen molar-refractivity contribution in [3.05, 3.63) is 41.6 Å². The van der Waals surface area contributed by atoms with E-state index in [0.29, 0.717) is 0 Å². The summed E-state index contributed by atoms with van der Waals surface area (Å²) < 4.78 is 0. The first-order chi connectivity index (χ1) is 7.44. The van der Waals surface area contributed by atoms with Crippen molar-refractivity contribution in [1.82, 2.24) is 0 Å². The highest BCUT2D eigenvalue weighted by atomic mass is 16.1. The largest absolute Gasteiger partial charge is 0.366 e. The fourth-order valence-corrected chi connectivity index (χ4v) is 2.39. The third-order valence-corrected chi connectivity index (χ3v) is 3.22. The molecule has 3 nitrogen and oxygen atoms in total. The average Bonchev–Trinajstić information content (AvgIpc) is 2.41. The first kappa shape index (κ1) is 10.7. The van der Waals surface area contributed by atoms with Crippen LogP contribution in [0.25, 0.3) is 0 Å². The molecule has 0 fully saturated rings. The van der Waals surface area contributed by atoms with Crippen LogP contribution in [0, 0.1) is 0 Å². The number of amides is 1. The van der Waals surface area contributed by atoms with Crippen molar-refractivity contribution >= 4 is 11.6 Å². The molecule has 0 spiro atoms. The minimum absolute atomic E-state index is 0.166. The molecule has 0 unspecified atom stereocenters. The van der Waals surface area contributed by atoms with E-state index in [-0.39, 0.29) is 5.41 Å². The summed E-state index contributed by atoms with van der Waals surface area (Å²) in [6.07, 6.45) is 1.51. The van der Waals surface area contributed by atoms with E-state index in [1.54, 1.807) is 0 Å². The summed E-state index contributed by atoms with van der Waals surface area (Å²) in [5.74, 6) is -0.400. The molecule has 84 valence electrons. The smallest absolute Gasteiger partial charge is 0.243 e. The summed E-state index contributed by atoms with van der Waals surface area (Å²) in [6.45, 7) is 4.20. The summed E-state index contributed by atoms with van der Waals surface area (Å²) in [7, 11) is 1.96. The number of hydrogen-bond donors (Lipinski definition) is 1. The van der Waals surface area contributed by atoms with Gasteiger partial charge in [-0.3, -0.25) is 4.79 Å². The van der Waals surface area contributed by atoms with Gasteiger partial charge in [0, 0.05) is 29.9 Å². The molecule has 16 heavy (non-hydrogen) atoms. The topological polar surface area (TPSA) is 46.3 Å². The number of para-hydroxylation sites is 1. The summed E-state index contributed by atoms with van der Waals surface area (Å²) >= 11 is 0. The Morgan fingerprint density at radius 2 is 2.00 bits per heavy atom. The molecule has 1 amide bonds. The van der Waals surface area contributed by atoms with Crippen LogP contribution in [0.4, 0.5) is 5.69 Å². The predicted octanol–water partition coefficient (Wildman–Crippen LogP) is 1.78. The fraction of sp³-hybridized carbons (Fsp3) is 0.308. The Balaban J connectivity index is 2.62. The van der Waals surface area contributed by atoms with Crippen molar-refractivity contribution in [2.24, 2.45) is 5.73 Å². The Bertz CT molecular complexity index is 475.